The number of ether oxygens (including phenoxy) is 2. The monoisotopic (exact) mass is 482 g/mol. The van der Waals surface area contributed by atoms with Crippen LogP contribution in [0.25, 0.3) is 10.9 Å². The maximum Gasteiger partial charge on any atom is 0.289 e. The molecule has 2 aromatic rings. The van der Waals surface area contributed by atoms with E-state index in [9.17, 15) is 4.79 Å². The molecule has 0 aliphatic heterocycles. The number of nitrogens with zero attached hydrogens (tertiary/aromatic N) is 3. The van der Waals surface area contributed by atoms with Crippen LogP contribution in [0.4, 0.5) is 5.82 Å². The molecule has 0 radical (unpaired) electrons. The molecular weight excluding hydrogens is 444 g/mol. The maximum atomic E-state index is 13.2. The van der Waals surface area contributed by atoms with Crippen molar-refractivity contribution in [3.8, 4) is 0 Å². The number of anilines is 1. The molecule has 1 amide bonds. The van der Waals surface area contributed by atoms with Crippen LogP contribution in [0.3, 0.4) is 0 Å². The quantitative estimate of drug-likeness (QED) is 0.389. The highest BCUT2D eigenvalue weighted by Crippen LogP contribution is 2.28. The van der Waals surface area contributed by atoms with E-state index in [0.29, 0.717) is 18.3 Å². The number of amides is 1. The Morgan fingerprint density at radius 3 is 2.63 bits per heavy atom. The Hall–Kier alpha value is -2.78. The molecule has 4 rings (SSSR count). The summed E-state index contributed by atoms with van der Waals surface area (Å²) in [5.74, 6) is 1.12. The fraction of sp³-hybridized carbons (Fsp3) is 0.615. The lowest BCUT2D eigenvalue weighted by Gasteiger charge is -2.31. The number of carbonyl (C=O) groups excluding carboxylic acids is 1. The highest BCUT2D eigenvalue weighted by molar-refractivity contribution is 5.96. The van der Waals surface area contributed by atoms with Crippen molar-refractivity contribution in [2.45, 2.75) is 82.5 Å². The summed E-state index contributed by atoms with van der Waals surface area (Å²) in [5, 5.41) is 7.65. The van der Waals surface area contributed by atoms with Crippen LogP contribution in [0.15, 0.2) is 23.2 Å². The van der Waals surface area contributed by atoms with Crippen molar-refractivity contribution >= 4 is 28.5 Å². The van der Waals surface area contributed by atoms with Gasteiger partial charge in [-0.1, -0.05) is 24.5 Å². The summed E-state index contributed by atoms with van der Waals surface area (Å²) in [4.78, 5) is 27.2. The average Bonchev–Trinajstić information content (AvgIpc) is 2.86. The zero-order chi connectivity index (χ0) is 24.8. The molecule has 0 spiro atoms. The number of carbonyl (C=O) groups is 1. The van der Waals surface area contributed by atoms with Crippen LogP contribution in [0.5, 0.6) is 0 Å². The fourth-order valence-corrected chi connectivity index (χ4v) is 5.15. The van der Waals surface area contributed by atoms with Gasteiger partial charge in [0.2, 0.25) is 5.82 Å². The SMILES string of the molecule is COCC(N)=N[C@@H]1CCCC[C@@H]1Nc1nc(C(=O)NC2CCC(OC)CC2)nc2ccc(C)cc12. The molecule has 2 saturated carbocycles. The van der Waals surface area contributed by atoms with Gasteiger partial charge < -0.3 is 25.8 Å². The summed E-state index contributed by atoms with van der Waals surface area (Å²) < 4.78 is 10.6. The zero-order valence-electron chi connectivity index (χ0n) is 21.0. The van der Waals surface area contributed by atoms with Crippen molar-refractivity contribution in [2.24, 2.45) is 10.7 Å². The minimum absolute atomic E-state index is 0.0296. The van der Waals surface area contributed by atoms with Gasteiger partial charge in [-0.05, 0) is 57.6 Å². The second-order valence-corrected chi connectivity index (χ2v) is 9.76. The van der Waals surface area contributed by atoms with Gasteiger partial charge in [-0.2, -0.15) is 0 Å². The molecular formula is C26H38N6O3. The first-order valence-corrected chi connectivity index (χ1v) is 12.7. The van der Waals surface area contributed by atoms with E-state index in [1.165, 1.54) is 0 Å². The van der Waals surface area contributed by atoms with Crippen molar-refractivity contribution < 1.29 is 14.3 Å². The molecule has 0 bridgehead atoms. The Bertz CT molecular complexity index is 1050. The number of hydrogen-bond acceptors (Lipinski definition) is 7. The van der Waals surface area contributed by atoms with Crippen molar-refractivity contribution in [3.05, 3.63) is 29.6 Å². The second kappa shape index (κ2) is 11.8. The number of nitrogens with one attached hydrogen (secondary N) is 2. The van der Waals surface area contributed by atoms with Gasteiger partial charge in [0.1, 0.15) is 18.3 Å². The Balaban J connectivity index is 1.58. The molecule has 0 saturated heterocycles. The van der Waals surface area contributed by atoms with Crippen molar-refractivity contribution in [1.82, 2.24) is 15.3 Å². The number of methoxy groups -OCH3 is 2. The molecule has 35 heavy (non-hydrogen) atoms. The molecule has 1 aromatic carbocycles. The van der Waals surface area contributed by atoms with Gasteiger partial charge in [0, 0.05) is 31.7 Å². The number of aryl methyl sites for hydroxylation is 1. The van der Waals surface area contributed by atoms with E-state index in [0.717, 1.165) is 67.8 Å². The smallest absolute Gasteiger partial charge is 0.289 e. The number of amidine groups is 1. The number of fused-ring (bicyclic) bond motifs is 1. The largest absolute Gasteiger partial charge is 0.386 e. The molecule has 9 nitrogen and oxygen atoms in total. The summed E-state index contributed by atoms with van der Waals surface area (Å²) >= 11 is 0. The van der Waals surface area contributed by atoms with Crippen LogP contribution in [0.1, 0.15) is 67.5 Å². The third-order valence-corrected chi connectivity index (χ3v) is 7.07. The van der Waals surface area contributed by atoms with Gasteiger partial charge in [0.25, 0.3) is 5.91 Å². The van der Waals surface area contributed by atoms with Crippen LogP contribution in [-0.4, -0.2) is 66.8 Å². The third kappa shape index (κ3) is 6.46. The number of nitrogens with two attached hydrogens (primary N) is 1. The van der Waals surface area contributed by atoms with Crippen LogP contribution >= 0.6 is 0 Å². The number of benzene rings is 1. The van der Waals surface area contributed by atoms with Gasteiger partial charge in [0.15, 0.2) is 0 Å². The van der Waals surface area contributed by atoms with E-state index in [4.69, 9.17) is 25.2 Å². The summed E-state index contributed by atoms with van der Waals surface area (Å²) in [6.45, 7) is 2.36. The minimum atomic E-state index is -0.237. The summed E-state index contributed by atoms with van der Waals surface area (Å²) in [6.07, 6.45) is 8.08. The highest BCUT2D eigenvalue weighted by Gasteiger charge is 2.28. The van der Waals surface area contributed by atoms with Crippen LogP contribution in [0, 0.1) is 6.92 Å². The lowest BCUT2D eigenvalue weighted by Crippen LogP contribution is -2.40. The standard InChI is InChI=1S/C26H38N6O3/c1-16-8-13-20-19(14-16)24(31-22-7-5-4-6-21(22)29-23(27)15-34-2)32-25(30-20)26(33)28-17-9-11-18(35-3)12-10-17/h8,13-14,17-18,21-22H,4-7,9-12,15H2,1-3H3,(H2,27,29)(H,28,33)(H,30,31,32)/t17?,18?,21-,22+/m1/s1. The van der Waals surface area contributed by atoms with E-state index in [2.05, 4.69) is 21.7 Å². The highest BCUT2D eigenvalue weighted by atomic mass is 16.5. The van der Waals surface area contributed by atoms with Gasteiger partial charge in [0.05, 0.1) is 17.7 Å². The number of hydrogen-bond donors (Lipinski definition) is 3. The topological polar surface area (TPSA) is 124 Å². The summed E-state index contributed by atoms with van der Waals surface area (Å²) in [6, 6.07) is 6.23. The molecule has 1 aromatic heterocycles. The number of rotatable bonds is 8. The average molecular weight is 483 g/mol. The predicted molar refractivity (Wildman–Crippen MR) is 138 cm³/mol. The number of aliphatic imine (C=N–C) groups is 1. The van der Waals surface area contributed by atoms with Gasteiger partial charge in [-0.25, -0.2) is 9.97 Å². The first-order valence-electron chi connectivity index (χ1n) is 12.7. The summed E-state index contributed by atoms with van der Waals surface area (Å²) in [5.41, 5.74) is 7.92. The fourth-order valence-electron chi connectivity index (χ4n) is 5.15. The van der Waals surface area contributed by atoms with Crippen LogP contribution in [0.2, 0.25) is 0 Å². The van der Waals surface area contributed by atoms with Crippen molar-refractivity contribution in [1.29, 1.82) is 0 Å². The van der Waals surface area contributed by atoms with Crippen LogP contribution < -0.4 is 16.4 Å². The molecule has 2 fully saturated rings. The van der Waals surface area contributed by atoms with Crippen LogP contribution in [-0.2, 0) is 9.47 Å². The Morgan fingerprint density at radius 2 is 1.89 bits per heavy atom. The van der Waals surface area contributed by atoms with Gasteiger partial charge in [-0.3, -0.25) is 9.79 Å². The number of aromatic nitrogens is 2. The Morgan fingerprint density at radius 1 is 1.11 bits per heavy atom. The Kier molecular flexibility index (Phi) is 8.51. The Labute approximate surface area is 207 Å². The molecule has 2 aliphatic rings. The van der Waals surface area contributed by atoms with Crippen molar-refractivity contribution in [3.63, 3.8) is 0 Å². The van der Waals surface area contributed by atoms with Crippen molar-refractivity contribution in [2.75, 3.05) is 26.1 Å². The summed E-state index contributed by atoms with van der Waals surface area (Å²) in [7, 11) is 3.36. The molecule has 1 heterocycles. The maximum absolute atomic E-state index is 13.2. The molecule has 190 valence electrons. The van der Waals surface area contributed by atoms with E-state index in [1.54, 1.807) is 14.2 Å². The normalized spacial score (nSPS) is 25.4. The first-order chi connectivity index (χ1) is 17.0. The molecule has 2 aliphatic carbocycles. The first kappa shape index (κ1) is 25.3. The van der Waals surface area contributed by atoms with E-state index < -0.39 is 0 Å². The second-order valence-electron chi connectivity index (χ2n) is 9.76. The third-order valence-electron chi connectivity index (χ3n) is 7.07. The lowest BCUT2D eigenvalue weighted by molar-refractivity contribution is 0.0597. The van der Waals surface area contributed by atoms with E-state index in [1.807, 2.05) is 19.1 Å². The molecule has 0 unspecified atom stereocenters. The molecule has 9 heteroatoms. The van der Waals surface area contributed by atoms with Gasteiger partial charge in [-0.15, -0.1) is 0 Å². The van der Waals surface area contributed by atoms with E-state index >= 15 is 0 Å². The minimum Gasteiger partial charge on any atom is -0.386 e. The molecule has 4 N–H and O–H groups in total. The van der Waals surface area contributed by atoms with Gasteiger partial charge >= 0.3 is 0 Å². The predicted octanol–water partition coefficient (Wildman–Crippen LogP) is 3.35. The molecule has 2 atom stereocenters. The van der Waals surface area contributed by atoms with E-state index in [-0.39, 0.29) is 36.0 Å². The zero-order valence-corrected chi connectivity index (χ0v) is 21.0. The lowest BCUT2D eigenvalue weighted by atomic mass is 9.90.